The number of nitrogens with zero attached hydrogens (tertiary/aromatic N) is 1. The van der Waals surface area contributed by atoms with E-state index in [4.69, 9.17) is 0 Å². The quantitative estimate of drug-likeness (QED) is 0.687. The van der Waals surface area contributed by atoms with Gasteiger partial charge >= 0.3 is 0 Å². The molecule has 1 atom stereocenters. The first-order valence-corrected chi connectivity index (χ1v) is 8.38. The van der Waals surface area contributed by atoms with E-state index >= 15 is 0 Å². The Labute approximate surface area is 150 Å². The summed E-state index contributed by atoms with van der Waals surface area (Å²) in [6.07, 6.45) is 2.51. The highest BCUT2D eigenvalue weighted by Gasteiger charge is 2.29. The van der Waals surface area contributed by atoms with Crippen LogP contribution in [-0.2, 0) is 14.4 Å². The van der Waals surface area contributed by atoms with Crippen LogP contribution in [0.2, 0.25) is 0 Å². The normalized spacial score (nSPS) is 17.4. The fraction of sp³-hybridized carbons (Fsp3) is 0.471. The van der Waals surface area contributed by atoms with Crippen LogP contribution < -0.4 is 16.0 Å². The lowest BCUT2D eigenvalue weighted by Gasteiger charge is -2.33. The summed E-state index contributed by atoms with van der Waals surface area (Å²) in [6.45, 7) is 0.333. The largest absolute Gasteiger partial charge is 0.358 e. The number of amides is 3. The zero-order valence-electron chi connectivity index (χ0n) is 14.5. The molecular formula is C17H22F2N4O3. The number of anilines is 1. The third-order valence-corrected chi connectivity index (χ3v) is 4.16. The first-order chi connectivity index (χ1) is 12.4. The summed E-state index contributed by atoms with van der Waals surface area (Å²) in [7, 11) is 1.55. The fourth-order valence-electron chi connectivity index (χ4n) is 2.84. The van der Waals surface area contributed by atoms with Crippen molar-refractivity contribution >= 4 is 23.4 Å². The van der Waals surface area contributed by atoms with Crippen molar-refractivity contribution in [3.05, 3.63) is 29.8 Å². The van der Waals surface area contributed by atoms with Crippen LogP contribution >= 0.6 is 0 Å². The zero-order chi connectivity index (χ0) is 19.1. The molecule has 0 bridgehead atoms. The number of carbonyl (C=O) groups is 3. The maximum atomic E-state index is 13.1. The highest BCUT2D eigenvalue weighted by atomic mass is 19.2. The molecule has 0 saturated carbocycles. The molecule has 1 aromatic rings. The molecule has 0 unspecified atom stereocenters. The number of benzene rings is 1. The number of hydrogen-bond donors (Lipinski definition) is 3. The first kappa shape index (κ1) is 19.8. The van der Waals surface area contributed by atoms with E-state index in [-0.39, 0.29) is 36.6 Å². The first-order valence-electron chi connectivity index (χ1n) is 8.38. The summed E-state index contributed by atoms with van der Waals surface area (Å²) in [4.78, 5) is 37.5. The van der Waals surface area contributed by atoms with Crippen molar-refractivity contribution in [3.63, 3.8) is 0 Å². The van der Waals surface area contributed by atoms with E-state index in [9.17, 15) is 23.2 Å². The Balaban J connectivity index is 1.80. The van der Waals surface area contributed by atoms with Crippen molar-refractivity contribution in [2.75, 3.05) is 32.0 Å². The molecule has 7 nitrogen and oxygen atoms in total. The van der Waals surface area contributed by atoms with Crippen molar-refractivity contribution in [2.24, 2.45) is 0 Å². The molecule has 1 fully saturated rings. The molecule has 0 aliphatic carbocycles. The number of rotatable bonds is 6. The summed E-state index contributed by atoms with van der Waals surface area (Å²) >= 11 is 0. The van der Waals surface area contributed by atoms with E-state index in [0.717, 1.165) is 25.0 Å². The number of nitrogens with one attached hydrogen (secondary N) is 3. The van der Waals surface area contributed by atoms with Crippen molar-refractivity contribution < 1.29 is 23.2 Å². The van der Waals surface area contributed by atoms with Gasteiger partial charge in [-0.25, -0.2) is 8.78 Å². The van der Waals surface area contributed by atoms with Crippen LogP contribution in [0.4, 0.5) is 14.5 Å². The molecule has 1 aliphatic heterocycles. The molecule has 2 rings (SSSR count). The van der Waals surface area contributed by atoms with Gasteiger partial charge in [0.1, 0.15) is 0 Å². The second-order valence-corrected chi connectivity index (χ2v) is 6.05. The lowest BCUT2D eigenvalue weighted by Crippen LogP contribution is -2.52. The molecule has 9 heteroatoms. The highest BCUT2D eigenvalue weighted by Crippen LogP contribution is 2.16. The Bertz CT molecular complexity index is 684. The van der Waals surface area contributed by atoms with E-state index in [0.29, 0.717) is 13.0 Å². The van der Waals surface area contributed by atoms with Gasteiger partial charge < -0.3 is 16.0 Å². The predicted octanol–water partition coefficient (Wildman–Crippen LogP) is 0.620. The third-order valence-electron chi connectivity index (χ3n) is 4.16. The number of hydrogen-bond acceptors (Lipinski definition) is 4. The standard InChI is InChI=1S/C17H22F2N4O3/c1-20-17(26)14-4-2-3-7-23(14)10-16(25)21-9-15(24)22-11-5-6-12(18)13(19)8-11/h5-6,8,14H,2-4,7,9-10H2,1H3,(H,20,26)(H,21,25)(H,22,24)/t14-/m0/s1. The predicted molar refractivity (Wildman–Crippen MR) is 91.3 cm³/mol. The SMILES string of the molecule is CNC(=O)[C@@H]1CCCCN1CC(=O)NCC(=O)Nc1ccc(F)c(F)c1. The smallest absolute Gasteiger partial charge is 0.243 e. The Morgan fingerprint density at radius 1 is 1.15 bits per heavy atom. The third kappa shape index (κ3) is 5.48. The van der Waals surface area contributed by atoms with Crippen LogP contribution in [-0.4, -0.2) is 55.3 Å². The monoisotopic (exact) mass is 368 g/mol. The maximum Gasteiger partial charge on any atom is 0.243 e. The summed E-state index contributed by atoms with van der Waals surface area (Å²) in [5.74, 6) is -3.17. The highest BCUT2D eigenvalue weighted by molar-refractivity contribution is 5.94. The fourth-order valence-corrected chi connectivity index (χ4v) is 2.84. The van der Waals surface area contributed by atoms with Gasteiger partial charge in [0.2, 0.25) is 17.7 Å². The van der Waals surface area contributed by atoms with Crippen LogP contribution in [0.5, 0.6) is 0 Å². The molecular weight excluding hydrogens is 346 g/mol. The van der Waals surface area contributed by atoms with Gasteiger partial charge in [-0.05, 0) is 31.5 Å². The molecule has 1 aliphatic rings. The minimum atomic E-state index is -1.07. The number of likely N-dealkylation sites (N-methyl/N-ethyl adjacent to an activating group) is 1. The average molecular weight is 368 g/mol. The Morgan fingerprint density at radius 2 is 1.92 bits per heavy atom. The molecule has 142 valence electrons. The second-order valence-electron chi connectivity index (χ2n) is 6.05. The molecule has 26 heavy (non-hydrogen) atoms. The van der Waals surface area contributed by atoms with Crippen LogP contribution in [0.3, 0.4) is 0 Å². The summed E-state index contributed by atoms with van der Waals surface area (Å²) < 4.78 is 25.9. The molecule has 0 radical (unpaired) electrons. The van der Waals surface area contributed by atoms with Gasteiger partial charge in [-0.2, -0.15) is 0 Å². The summed E-state index contributed by atoms with van der Waals surface area (Å²) in [6, 6.07) is 2.63. The molecule has 1 saturated heterocycles. The van der Waals surface area contributed by atoms with E-state index in [1.165, 1.54) is 6.07 Å². The van der Waals surface area contributed by atoms with Gasteiger partial charge in [-0.15, -0.1) is 0 Å². The van der Waals surface area contributed by atoms with Crippen LogP contribution in [0, 0.1) is 11.6 Å². The second kappa shape index (κ2) is 9.23. The maximum absolute atomic E-state index is 13.1. The van der Waals surface area contributed by atoms with Crippen LogP contribution in [0.1, 0.15) is 19.3 Å². The van der Waals surface area contributed by atoms with E-state index < -0.39 is 17.5 Å². The lowest BCUT2D eigenvalue weighted by molar-refractivity contribution is -0.130. The molecule has 0 spiro atoms. The van der Waals surface area contributed by atoms with Gasteiger partial charge in [-0.1, -0.05) is 6.42 Å². The number of piperidine rings is 1. The van der Waals surface area contributed by atoms with Crippen molar-refractivity contribution in [2.45, 2.75) is 25.3 Å². The summed E-state index contributed by atoms with van der Waals surface area (Å²) in [5.41, 5.74) is 0.0962. The number of likely N-dealkylation sites (tertiary alicyclic amines) is 1. The molecule has 1 aromatic carbocycles. The minimum Gasteiger partial charge on any atom is -0.358 e. The number of halogens is 2. The Kier molecular flexibility index (Phi) is 7.02. The van der Waals surface area contributed by atoms with Crippen molar-refractivity contribution in [3.8, 4) is 0 Å². The van der Waals surface area contributed by atoms with E-state index in [1.54, 1.807) is 11.9 Å². The average Bonchev–Trinajstić information content (AvgIpc) is 2.63. The van der Waals surface area contributed by atoms with E-state index in [2.05, 4.69) is 16.0 Å². The molecule has 0 aromatic heterocycles. The minimum absolute atomic E-state index is 0.0105. The van der Waals surface area contributed by atoms with Gasteiger partial charge in [0.25, 0.3) is 0 Å². The summed E-state index contributed by atoms with van der Waals surface area (Å²) in [5, 5.41) is 7.42. The molecule has 3 amide bonds. The number of carbonyl (C=O) groups excluding carboxylic acids is 3. The van der Waals surface area contributed by atoms with Gasteiger partial charge in [-0.3, -0.25) is 19.3 Å². The van der Waals surface area contributed by atoms with Crippen LogP contribution in [0.25, 0.3) is 0 Å². The van der Waals surface area contributed by atoms with E-state index in [1.807, 2.05) is 0 Å². The van der Waals surface area contributed by atoms with Crippen molar-refractivity contribution in [1.29, 1.82) is 0 Å². The Morgan fingerprint density at radius 3 is 2.62 bits per heavy atom. The molecule has 1 heterocycles. The lowest BCUT2D eigenvalue weighted by atomic mass is 10.0. The zero-order valence-corrected chi connectivity index (χ0v) is 14.5. The Hall–Kier alpha value is -2.55. The molecule has 3 N–H and O–H groups in total. The van der Waals surface area contributed by atoms with Crippen LogP contribution in [0.15, 0.2) is 18.2 Å². The van der Waals surface area contributed by atoms with Gasteiger partial charge in [0, 0.05) is 18.8 Å². The van der Waals surface area contributed by atoms with Crippen molar-refractivity contribution in [1.82, 2.24) is 15.5 Å². The van der Waals surface area contributed by atoms with Gasteiger partial charge in [0.05, 0.1) is 19.1 Å². The topological polar surface area (TPSA) is 90.5 Å². The van der Waals surface area contributed by atoms with Gasteiger partial charge in [0.15, 0.2) is 11.6 Å².